The predicted octanol–water partition coefficient (Wildman–Crippen LogP) is 3.08. The SMILES string of the molecule is COc1c(Br)cc(Br)cc1CNCC1(CO)CC1. The van der Waals surface area contributed by atoms with Gasteiger partial charge in [0.15, 0.2) is 0 Å². The van der Waals surface area contributed by atoms with Gasteiger partial charge in [-0.3, -0.25) is 0 Å². The fraction of sp³-hybridized carbons (Fsp3) is 0.538. The molecule has 18 heavy (non-hydrogen) atoms. The lowest BCUT2D eigenvalue weighted by Gasteiger charge is -2.15. The van der Waals surface area contributed by atoms with Crippen molar-refractivity contribution in [3.63, 3.8) is 0 Å². The summed E-state index contributed by atoms with van der Waals surface area (Å²) in [5.41, 5.74) is 1.24. The molecule has 0 unspecified atom stereocenters. The van der Waals surface area contributed by atoms with Crippen molar-refractivity contribution in [1.29, 1.82) is 0 Å². The molecule has 1 aliphatic carbocycles. The summed E-state index contributed by atoms with van der Waals surface area (Å²) in [6.45, 7) is 1.87. The average Bonchev–Trinajstić information content (AvgIpc) is 3.09. The van der Waals surface area contributed by atoms with Gasteiger partial charge in [-0.25, -0.2) is 0 Å². The third-order valence-corrected chi connectivity index (χ3v) is 4.44. The van der Waals surface area contributed by atoms with E-state index < -0.39 is 0 Å². The number of nitrogens with one attached hydrogen (secondary N) is 1. The van der Waals surface area contributed by atoms with Crippen molar-refractivity contribution in [3.8, 4) is 5.75 Å². The van der Waals surface area contributed by atoms with Crippen LogP contribution < -0.4 is 10.1 Å². The van der Waals surface area contributed by atoms with Crippen molar-refractivity contribution in [2.75, 3.05) is 20.3 Å². The minimum absolute atomic E-state index is 0.135. The summed E-state index contributed by atoms with van der Waals surface area (Å²) in [6, 6.07) is 4.02. The van der Waals surface area contributed by atoms with Gasteiger partial charge in [0.2, 0.25) is 0 Å². The van der Waals surface area contributed by atoms with Crippen LogP contribution in [0.3, 0.4) is 0 Å². The molecule has 0 aliphatic heterocycles. The molecular formula is C13H17Br2NO2. The van der Waals surface area contributed by atoms with E-state index in [1.54, 1.807) is 7.11 Å². The molecule has 2 N–H and O–H groups in total. The number of methoxy groups -OCH3 is 1. The van der Waals surface area contributed by atoms with Crippen LogP contribution in [0.5, 0.6) is 5.75 Å². The Bertz CT molecular complexity index is 433. The molecule has 5 heteroatoms. The Kier molecular flexibility index (Phi) is 4.69. The van der Waals surface area contributed by atoms with Gasteiger partial charge in [0, 0.05) is 35.1 Å². The molecule has 0 atom stereocenters. The van der Waals surface area contributed by atoms with Crippen LogP contribution in [-0.2, 0) is 6.54 Å². The monoisotopic (exact) mass is 377 g/mol. The van der Waals surface area contributed by atoms with E-state index in [-0.39, 0.29) is 12.0 Å². The van der Waals surface area contributed by atoms with Crippen molar-refractivity contribution in [3.05, 3.63) is 26.6 Å². The molecule has 1 aromatic carbocycles. The zero-order valence-electron chi connectivity index (χ0n) is 10.3. The number of benzene rings is 1. The highest BCUT2D eigenvalue weighted by molar-refractivity contribution is 9.11. The van der Waals surface area contributed by atoms with Crippen LogP contribution in [0.4, 0.5) is 0 Å². The van der Waals surface area contributed by atoms with Crippen molar-refractivity contribution in [2.24, 2.45) is 5.41 Å². The quantitative estimate of drug-likeness (QED) is 0.799. The van der Waals surface area contributed by atoms with Crippen LogP contribution in [0.1, 0.15) is 18.4 Å². The van der Waals surface area contributed by atoms with Gasteiger partial charge in [0.05, 0.1) is 11.6 Å². The fourth-order valence-corrected chi connectivity index (χ4v) is 3.48. The number of aliphatic hydroxyl groups excluding tert-OH is 1. The van der Waals surface area contributed by atoms with E-state index in [0.717, 1.165) is 46.2 Å². The van der Waals surface area contributed by atoms with Crippen LogP contribution >= 0.6 is 31.9 Å². The van der Waals surface area contributed by atoms with Crippen LogP contribution in [-0.4, -0.2) is 25.4 Å². The van der Waals surface area contributed by atoms with Crippen LogP contribution in [0.25, 0.3) is 0 Å². The molecule has 0 spiro atoms. The van der Waals surface area contributed by atoms with Gasteiger partial charge in [-0.05, 0) is 40.9 Å². The molecule has 0 bridgehead atoms. The highest BCUT2D eigenvalue weighted by atomic mass is 79.9. The van der Waals surface area contributed by atoms with E-state index in [4.69, 9.17) is 4.74 Å². The summed E-state index contributed by atoms with van der Waals surface area (Å²) < 4.78 is 7.37. The normalized spacial score (nSPS) is 16.7. The zero-order valence-corrected chi connectivity index (χ0v) is 13.5. The van der Waals surface area contributed by atoms with E-state index in [9.17, 15) is 5.11 Å². The average molecular weight is 379 g/mol. The summed E-state index contributed by atoms with van der Waals surface area (Å²) in [5.74, 6) is 0.861. The molecule has 0 amide bonds. The zero-order chi connectivity index (χ0) is 13.2. The molecule has 1 saturated carbocycles. The number of hydrogen-bond donors (Lipinski definition) is 2. The summed E-state index contributed by atoms with van der Waals surface area (Å²) in [7, 11) is 1.67. The first-order valence-corrected chi connectivity index (χ1v) is 7.52. The Balaban J connectivity index is 2.00. The topological polar surface area (TPSA) is 41.5 Å². The van der Waals surface area contributed by atoms with Gasteiger partial charge in [-0.15, -0.1) is 0 Å². The first-order valence-electron chi connectivity index (χ1n) is 5.94. The number of rotatable bonds is 6. The summed E-state index contributed by atoms with van der Waals surface area (Å²) in [6.07, 6.45) is 2.24. The third-order valence-electron chi connectivity index (χ3n) is 3.40. The maximum atomic E-state index is 9.26. The van der Waals surface area contributed by atoms with Crippen LogP contribution in [0, 0.1) is 5.41 Å². The van der Waals surface area contributed by atoms with Crippen molar-refractivity contribution < 1.29 is 9.84 Å². The molecule has 1 aromatic rings. The van der Waals surface area contributed by atoms with E-state index >= 15 is 0 Å². The molecule has 1 aliphatic rings. The Morgan fingerprint density at radius 2 is 2.11 bits per heavy atom. The second-order valence-electron chi connectivity index (χ2n) is 4.84. The van der Waals surface area contributed by atoms with E-state index in [1.165, 1.54) is 0 Å². The molecular weight excluding hydrogens is 362 g/mol. The standard InChI is InChI=1S/C13H17Br2NO2/c1-18-12-9(4-10(14)5-11(12)15)6-16-7-13(8-17)2-3-13/h4-5,16-17H,2-3,6-8H2,1H3. The van der Waals surface area contributed by atoms with Crippen LogP contribution in [0.2, 0.25) is 0 Å². The maximum absolute atomic E-state index is 9.26. The van der Waals surface area contributed by atoms with Crippen molar-refractivity contribution in [1.82, 2.24) is 5.32 Å². The first-order chi connectivity index (χ1) is 8.60. The molecule has 3 nitrogen and oxygen atoms in total. The van der Waals surface area contributed by atoms with Gasteiger partial charge < -0.3 is 15.2 Å². The summed E-state index contributed by atoms with van der Waals surface area (Å²) in [4.78, 5) is 0. The summed E-state index contributed by atoms with van der Waals surface area (Å²) in [5, 5.41) is 12.7. The largest absolute Gasteiger partial charge is 0.495 e. The minimum atomic E-state index is 0.135. The Hall–Kier alpha value is -0.100. The Labute approximate surface area is 124 Å². The second-order valence-corrected chi connectivity index (χ2v) is 6.61. The van der Waals surface area contributed by atoms with Crippen molar-refractivity contribution >= 4 is 31.9 Å². The smallest absolute Gasteiger partial charge is 0.137 e. The molecule has 0 heterocycles. The molecule has 0 radical (unpaired) electrons. The van der Waals surface area contributed by atoms with E-state index in [0.29, 0.717) is 0 Å². The molecule has 1 fully saturated rings. The number of halogens is 2. The van der Waals surface area contributed by atoms with Gasteiger partial charge in [0.25, 0.3) is 0 Å². The molecule has 2 rings (SSSR count). The lowest BCUT2D eigenvalue weighted by atomic mass is 10.1. The lowest BCUT2D eigenvalue weighted by Crippen LogP contribution is -2.26. The Morgan fingerprint density at radius 1 is 1.39 bits per heavy atom. The third kappa shape index (κ3) is 3.26. The summed E-state index contributed by atoms with van der Waals surface area (Å²) >= 11 is 6.97. The number of hydrogen-bond acceptors (Lipinski definition) is 3. The fourth-order valence-electron chi connectivity index (χ4n) is 2.00. The highest BCUT2D eigenvalue weighted by Gasteiger charge is 2.41. The Morgan fingerprint density at radius 3 is 2.67 bits per heavy atom. The molecule has 0 aromatic heterocycles. The maximum Gasteiger partial charge on any atom is 0.137 e. The van der Waals surface area contributed by atoms with Crippen LogP contribution in [0.15, 0.2) is 21.1 Å². The van der Waals surface area contributed by atoms with Crippen molar-refractivity contribution in [2.45, 2.75) is 19.4 Å². The lowest BCUT2D eigenvalue weighted by molar-refractivity contribution is 0.207. The molecule has 100 valence electrons. The van der Waals surface area contributed by atoms with Gasteiger partial charge >= 0.3 is 0 Å². The second kappa shape index (κ2) is 5.90. The van der Waals surface area contributed by atoms with Gasteiger partial charge in [-0.2, -0.15) is 0 Å². The van der Waals surface area contributed by atoms with Gasteiger partial charge in [0.1, 0.15) is 5.75 Å². The molecule has 0 saturated heterocycles. The minimum Gasteiger partial charge on any atom is -0.495 e. The number of ether oxygens (including phenoxy) is 1. The first kappa shape index (κ1) is 14.3. The number of aliphatic hydroxyl groups is 1. The van der Waals surface area contributed by atoms with E-state index in [1.807, 2.05) is 6.07 Å². The van der Waals surface area contributed by atoms with E-state index in [2.05, 4.69) is 43.2 Å². The highest BCUT2D eigenvalue weighted by Crippen LogP contribution is 2.44. The predicted molar refractivity (Wildman–Crippen MR) is 78.9 cm³/mol. The van der Waals surface area contributed by atoms with Gasteiger partial charge in [-0.1, -0.05) is 15.9 Å².